The summed E-state index contributed by atoms with van der Waals surface area (Å²) >= 11 is 1.59. The van der Waals surface area contributed by atoms with E-state index in [9.17, 15) is 9.59 Å². The van der Waals surface area contributed by atoms with Crippen molar-refractivity contribution < 1.29 is 4.79 Å². The van der Waals surface area contributed by atoms with E-state index in [0.29, 0.717) is 24.3 Å². The van der Waals surface area contributed by atoms with Gasteiger partial charge in [0.15, 0.2) is 0 Å². The van der Waals surface area contributed by atoms with Crippen molar-refractivity contribution in [2.24, 2.45) is 0 Å². The van der Waals surface area contributed by atoms with E-state index in [1.54, 1.807) is 11.3 Å². The maximum Gasteiger partial charge on any atom is 0.291 e. The minimum Gasteiger partial charge on any atom is -0.354 e. The van der Waals surface area contributed by atoms with Gasteiger partial charge in [-0.15, -0.1) is 11.3 Å². The Balaban J connectivity index is 1.52. The predicted octanol–water partition coefficient (Wildman–Crippen LogP) is 3.72. The summed E-state index contributed by atoms with van der Waals surface area (Å²) in [6, 6.07) is 13.5. The van der Waals surface area contributed by atoms with Gasteiger partial charge in [0.2, 0.25) is 5.91 Å². The summed E-state index contributed by atoms with van der Waals surface area (Å²) in [5.74, 6) is 0.538. The summed E-state index contributed by atoms with van der Waals surface area (Å²) in [7, 11) is 0. The highest BCUT2D eigenvalue weighted by Crippen LogP contribution is 2.24. The second-order valence-corrected chi connectivity index (χ2v) is 8.08. The molecule has 1 atom stereocenters. The van der Waals surface area contributed by atoms with Crippen molar-refractivity contribution in [2.45, 2.75) is 39.2 Å². The number of aryl methyl sites for hydroxylation is 2. The van der Waals surface area contributed by atoms with Crippen molar-refractivity contribution in [3.8, 4) is 0 Å². The number of aromatic nitrogens is 3. The van der Waals surface area contributed by atoms with Gasteiger partial charge >= 0.3 is 0 Å². The Bertz CT molecular complexity index is 1210. The number of amides is 1. The van der Waals surface area contributed by atoms with E-state index >= 15 is 0 Å². The molecule has 0 fully saturated rings. The van der Waals surface area contributed by atoms with Crippen LogP contribution < -0.4 is 10.9 Å². The monoisotopic (exact) mass is 408 g/mol. The number of nitrogens with one attached hydrogen (secondary N) is 1. The fraction of sp³-hybridized carbons (Fsp3) is 0.318. The number of carbonyl (C=O) groups is 1. The topological polar surface area (TPSA) is 68.4 Å². The lowest BCUT2D eigenvalue weighted by atomic mass is 10.1. The first-order chi connectivity index (χ1) is 14.1. The molecule has 0 saturated heterocycles. The van der Waals surface area contributed by atoms with Crippen LogP contribution in [0.3, 0.4) is 0 Å². The maximum atomic E-state index is 13.1. The zero-order valence-electron chi connectivity index (χ0n) is 16.6. The molecule has 1 N–H and O–H groups in total. The van der Waals surface area contributed by atoms with Crippen LogP contribution in [0.25, 0.3) is 15.7 Å². The average Bonchev–Trinajstić information content (AvgIpc) is 3.32. The SMILES string of the molecule is CC[C@@H](C(=O)NCCCc1ccccc1)n1nc(C)n2c(cc3sccc32)c1=O. The number of fused-ring (bicyclic) bond motifs is 3. The molecule has 4 rings (SSSR count). The van der Waals surface area contributed by atoms with Gasteiger partial charge in [0.25, 0.3) is 5.56 Å². The van der Waals surface area contributed by atoms with Crippen LogP contribution in [0.4, 0.5) is 0 Å². The van der Waals surface area contributed by atoms with Crippen LogP contribution in [0.15, 0.2) is 52.6 Å². The van der Waals surface area contributed by atoms with Gasteiger partial charge in [0.1, 0.15) is 17.4 Å². The molecule has 0 spiro atoms. The molecule has 6 nitrogen and oxygen atoms in total. The van der Waals surface area contributed by atoms with Gasteiger partial charge in [-0.25, -0.2) is 4.68 Å². The molecule has 1 amide bonds. The summed E-state index contributed by atoms with van der Waals surface area (Å²) < 4.78 is 4.26. The number of hydrogen-bond acceptors (Lipinski definition) is 4. The normalized spacial score (nSPS) is 12.5. The van der Waals surface area contributed by atoms with Gasteiger partial charge in [0.05, 0.1) is 10.2 Å². The zero-order valence-corrected chi connectivity index (χ0v) is 17.4. The molecule has 4 aromatic rings. The first-order valence-corrected chi connectivity index (χ1v) is 10.8. The van der Waals surface area contributed by atoms with Crippen molar-refractivity contribution in [3.63, 3.8) is 0 Å². The lowest BCUT2D eigenvalue weighted by molar-refractivity contribution is -0.124. The number of nitrogens with zero attached hydrogens (tertiary/aromatic N) is 3. The van der Waals surface area contributed by atoms with Crippen LogP contribution in [0.2, 0.25) is 0 Å². The van der Waals surface area contributed by atoms with Crippen LogP contribution in [-0.2, 0) is 11.2 Å². The second-order valence-electron chi connectivity index (χ2n) is 7.14. The minimum atomic E-state index is -0.615. The number of rotatable bonds is 7. The van der Waals surface area contributed by atoms with Gasteiger partial charge in [-0.3, -0.25) is 14.0 Å². The highest BCUT2D eigenvalue weighted by Gasteiger charge is 2.23. The highest BCUT2D eigenvalue weighted by atomic mass is 32.1. The Kier molecular flexibility index (Phi) is 5.49. The average molecular weight is 409 g/mol. The quantitative estimate of drug-likeness (QED) is 0.474. The van der Waals surface area contributed by atoms with Crippen LogP contribution in [0, 0.1) is 6.92 Å². The Morgan fingerprint density at radius 2 is 2.00 bits per heavy atom. The largest absolute Gasteiger partial charge is 0.354 e. The molecule has 7 heteroatoms. The lowest BCUT2D eigenvalue weighted by Crippen LogP contribution is -2.39. The predicted molar refractivity (Wildman–Crippen MR) is 117 cm³/mol. The van der Waals surface area contributed by atoms with Crippen molar-refractivity contribution in [1.82, 2.24) is 19.5 Å². The van der Waals surface area contributed by atoms with Gasteiger partial charge < -0.3 is 5.32 Å². The molecule has 0 radical (unpaired) electrons. The van der Waals surface area contributed by atoms with Crippen LogP contribution in [0.1, 0.15) is 37.2 Å². The first kappa shape index (κ1) is 19.4. The first-order valence-electron chi connectivity index (χ1n) is 9.90. The fourth-order valence-corrected chi connectivity index (χ4v) is 4.55. The Morgan fingerprint density at radius 3 is 2.76 bits per heavy atom. The summed E-state index contributed by atoms with van der Waals surface area (Å²) in [5, 5.41) is 9.46. The molecule has 0 bridgehead atoms. The van der Waals surface area contributed by atoms with Crippen LogP contribution >= 0.6 is 11.3 Å². The van der Waals surface area contributed by atoms with Gasteiger partial charge in [-0.1, -0.05) is 37.3 Å². The molecule has 3 aromatic heterocycles. The van der Waals surface area contributed by atoms with E-state index in [1.165, 1.54) is 10.2 Å². The summed E-state index contributed by atoms with van der Waals surface area (Å²) in [6.07, 6.45) is 2.26. The molecule has 0 aliphatic heterocycles. The molecular weight excluding hydrogens is 384 g/mol. The van der Waals surface area contributed by atoms with Gasteiger partial charge in [0, 0.05) is 6.54 Å². The van der Waals surface area contributed by atoms with E-state index in [1.807, 2.05) is 54.0 Å². The Morgan fingerprint density at radius 1 is 1.21 bits per heavy atom. The third-order valence-corrected chi connectivity index (χ3v) is 6.05. The smallest absolute Gasteiger partial charge is 0.291 e. The van der Waals surface area contributed by atoms with Crippen LogP contribution in [-0.4, -0.2) is 26.6 Å². The van der Waals surface area contributed by atoms with E-state index in [0.717, 1.165) is 23.1 Å². The van der Waals surface area contributed by atoms with Crippen LogP contribution in [0.5, 0.6) is 0 Å². The molecule has 1 aromatic carbocycles. The second kappa shape index (κ2) is 8.21. The van der Waals surface area contributed by atoms with Gasteiger partial charge in [-0.05, 0) is 49.3 Å². The minimum absolute atomic E-state index is 0.160. The molecular formula is C22H24N4O2S. The summed E-state index contributed by atoms with van der Waals surface area (Å²) in [5.41, 5.74) is 2.57. The van der Waals surface area contributed by atoms with Crippen molar-refractivity contribution in [3.05, 3.63) is 69.6 Å². The summed E-state index contributed by atoms with van der Waals surface area (Å²) in [6.45, 7) is 4.34. The zero-order chi connectivity index (χ0) is 20.4. The standard InChI is InChI=1S/C22H24N4O2S/c1-3-17(21(27)23-12-7-10-16-8-5-4-6-9-16)26-22(28)19-14-20-18(11-13-29-20)25(19)15(2)24-26/h4-6,8-9,11,13-14,17H,3,7,10,12H2,1-2H3,(H,23,27)/t17-/m0/s1. The molecule has 150 valence electrons. The van der Waals surface area contributed by atoms with Crippen molar-refractivity contribution in [1.29, 1.82) is 0 Å². The van der Waals surface area contributed by atoms with E-state index in [2.05, 4.69) is 22.5 Å². The van der Waals surface area contributed by atoms with E-state index < -0.39 is 6.04 Å². The molecule has 29 heavy (non-hydrogen) atoms. The van der Waals surface area contributed by atoms with Crippen molar-refractivity contribution in [2.75, 3.05) is 6.54 Å². The fourth-order valence-electron chi connectivity index (χ4n) is 3.74. The number of benzene rings is 1. The molecule has 0 aliphatic rings. The maximum absolute atomic E-state index is 13.1. The van der Waals surface area contributed by atoms with Crippen molar-refractivity contribution >= 4 is 33.0 Å². The Hall–Kier alpha value is -2.93. The lowest BCUT2D eigenvalue weighted by Gasteiger charge is -2.18. The molecule has 3 heterocycles. The third kappa shape index (κ3) is 3.70. The number of carbonyl (C=O) groups excluding carboxylic acids is 1. The number of hydrogen-bond donors (Lipinski definition) is 1. The number of thiophene rings is 1. The van der Waals surface area contributed by atoms with Gasteiger partial charge in [-0.2, -0.15) is 5.10 Å². The molecule has 0 aliphatic carbocycles. The molecule has 0 unspecified atom stereocenters. The summed E-state index contributed by atoms with van der Waals surface area (Å²) in [4.78, 5) is 25.9. The third-order valence-electron chi connectivity index (χ3n) is 5.20. The molecule has 0 saturated carbocycles. The Labute approximate surface area is 172 Å². The highest BCUT2D eigenvalue weighted by molar-refractivity contribution is 7.17. The van der Waals surface area contributed by atoms with E-state index in [-0.39, 0.29) is 11.5 Å². The van der Waals surface area contributed by atoms with E-state index in [4.69, 9.17) is 0 Å².